The first kappa shape index (κ1) is 13.5. The molecule has 1 aromatic rings. The number of hydrogen-bond acceptors (Lipinski definition) is 3. The molecule has 1 aromatic carbocycles. The third-order valence-corrected chi connectivity index (χ3v) is 2.11. The molecule has 3 N–H and O–H groups in total. The Labute approximate surface area is 97.2 Å². The molecule has 1 atom stereocenters. The number of phenolic OH excluding ortho intramolecular Hbond substituents is 1. The predicted molar refractivity (Wildman–Crippen MR) is 58.2 cm³/mol. The van der Waals surface area contributed by atoms with E-state index in [2.05, 4.69) is 0 Å². The van der Waals surface area contributed by atoms with Gasteiger partial charge >= 0.3 is 0 Å². The van der Waals surface area contributed by atoms with Crippen molar-refractivity contribution in [2.75, 3.05) is 0 Å². The maximum Gasteiger partial charge on any atom is 0.242 e. The van der Waals surface area contributed by atoms with Gasteiger partial charge < -0.3 is 10.8 Å². The van der Waals surface area contributed by atoms with Crippen LogP contribution in [0.2, 0.25) is 5.02 Å². The molecule has 0 saturated carbocycles. The van der Waals surface area contributed by atoms with Gasteiger partial charge in [-0.2, -0.15) is 0 Å². The summed E-state index contributed by atoms with van der Waals surface area (Å²) in [6, 6.07) is 3.35. The summed E-state index contributed by atoms with van der Waals surface area (Å²) in [7, 11) is 0. The fraction of sp³-hybridized carbons (Fsp3) is 0.125. The maximum atomic E-state index is 10.7. The van der Waals surface area contributed by atoms with E-state index in [0.717, 1.165) is 0 Å². The summed E-state index contributed by atoms with van der Waals surface area (Å²) in [5, 5.41) is 8.55. The predicted octanol–water partition coefficient (Wildman–Crippen LogP) is 2.23. The second-order valence-electron chi connectivity index (χ2n) is 2.49. The van der Waals surface area contributed by atoms with Crippen molar-refractivity contribution in [1.82, 2.24) is 0 Å². The first-order valence-electron chi connectivity index (χ1n) is 3.45. The molecule has 3 nitrogen and oxygen atoms in total. The van der Waals surface area contributed by atoms with Crippen molar-refractivity contribution in [2.45, 2.75) is 6.04 Å². The average Bonchev–Trinajstić information content (AvgIpc) is 2.08. The summed E-state index contributed by atoms with van der Waals surface area (Å²) < 4.78 is 0. The molecule has 14 heavy (non-hydrogen) atoms. The van der Waals surface area contributed by atoms with E-state index < -0.39 is 11.3 Å². The van der Waals surface area contributed by atoms with Crippen LogP contribution in [-0.2, 0) is 4.79 Å². The van der Waals surface area contributed by atoms with Crippen LogP contribution in [-0.4, -0.2) is 10.3 Å². The fourth-order valence-corrected chi connectivity index (χ4v) is 1.16. The summed E-state index contributed by atoms with van der Waals surface area (Å²) in [4.78, 5) is 10.7. The van der Waals surface area contributed by atoms with Crippen molar-refractivity contribution in [3.63, 3.8) is 0 Å². The SMILES string of the molecule is Cl.N[C@@H](C(=O)Cl)c1ccc(O)c(Cl)c1. The molecule has 0 saturated heterocycles. The van der Waals surface area contributed by atoms with Gasteiger partial charge in [0.2, 0.25) is 5.24 Å². The molecule has 0 heterocycles. The van der Waals surface area contributed by atoms with E-state index in [4.69, 9.17) is 34.0 Å². The minimum atomic E-state index is -0.903. The topological polar surface area (TPSA) is 63.3 Å². The molecule has 0 fully saturated rings. The zero-order valence-electron chi connectivity index (χ0n) is 6.91. The highest BCUT2D eigenvalue weighted by Gasteiger charge is 2.14. The Kier molecular flexibility index (Phi) is 5.23. The molecule has 6 heteroatoms. The zero-order valence-corrected chi connectivity index (χ0v) is 9.23. The summed E-state index contributed by atoms with van der Waals surface area (Å²) in [6.07, 6.45) is 0. The smallest absolute Gasteiger partial charge is 0.242 e. The number of carbonyl (C=O) groups is 1. The number of hydrogen-bond donors (Lipinski definition) is 2. The van der Waals surface area contributed by atoms with Gasteiger partial charge in [-0.15, -0.1) is 12.4 Å². The standard InChI is InChI=1S/C8H7Cl2NO2.ClH/c9-5-3-4(1-2-6(5)12)7(11)8(10)13;/h1-3,7,12H,11H2;1H/t7-;/m1./s1. The van der Waals surface area contributed by atoms with Gasteiger partial charge in [0.15, 0.2) is 0 Å². The van der Waals surface area contributed by atoms with Crippen LogP contribution in [0.15, 0.2) is 18.2 Å². The van der Waals surface area contributed by atoms with Gasteiger partial charge in [-0.05, 0) is 29.3 Å². The van der Waals surface area contributed by atoms with Crippen molar-refractivity contribution in [2.24, 2.45) is 5.73 Å². The van der Waals surface area contributed by atoms with E-state index in [-0.39, 0.29) is 23.2 Å². The van der Waals surface area contributed by atoms with E-state index in [1.165, 1.54) is 18.2 Å². The Morgan fingerprint density at radius 3 is 2.50 bits per heavy atom. The maximum absolute atomic E-state index is 10.7. The van der Waals surface area contributed by atoms with Gasteiger partial charge in [0.25, 0.3) is 0 Å². The van der Waals surface area contributed by atoms with Crippen molar-refractivity contribution < 1.29 is 9.90 Å². The lowest BCUT2D eigenvalue weighted by Gasteiger charge is -2.07. The van der Waals surface area contributed by atoms with Crippen LogP contribution in [0.3, 0.4) is 0 Å². The van der Waals surface area contributed by atoms with Crippen LogP contribution in [0, 0.1) is 0 Å². The fourth-order valence-electron chi connectivity index (χ4n) is 0.848. The first-order chi connectivity index (χ1) is 6.02. The van der Waals surface area contributed by atoms with Crippen molar-refractivity contribution in [3.8, 4) is 5.75 Å². The van der Waals surface area contributed by atoms with E-state index in [1.54, 1.807) is 0 Å². The van der Waals surface area contributed by atoms with E-state index in [9.17, 15) is 4.79 Å². The zero-order chi connectivity index (χ0) is 10.0. The highest BCUT2D eigenvalue weighted by molar-refractivity contribution is 6.64. The summed E-state index contributed by atoms with van der Waals surface area (Å²) >= 11 is 10.8. The van der Waals surface area contributed by atoms with Gasteiger partial charge in [-0.1, -0.05) is 17.7 Å². The number of halogens is 3. The molecule has 0 aliphatic rings. The van der Waals surface area contributed by atoms with Crippen molar-refractivity contribution in [3.05, 3.63) is 28.8 Å². The third-order valence-electron chi connectivity index (χ3n) is 1.58. The Morgan fingerprint density at radius 2 is 2.07 bits per heavy atom. The molecular weight excluding hydrogens is 248 g/mol. The Hall–Kier alpha value is -0.480. The molecule has 0 aromatic heterocycles. The normalized spacial score (nSPS) is 11.6. The van der Waals surface area contributed by atoms with E-state index >= 15 is 0 Å². The second-order valence-corrected chi connectivity index (χ2v) is 3.27. The largest absolute Gasteiger partial charge is 0.506 e. The molecule has 78 valence electrons. The minimum absolute atomic E-state index is 0. The van der Waals surface area contributed by atoms with Crippen LogP contribution in [0.25, 0.3) is 0 Å². The van der Waals surface area contributed by atoms with Gasteiger partial charge in [-0.3, -0.25) is 4.79 Å². The number of aromatic hydroxyl groups is 1. The molecule has 0 aliphatic carbocycles. The van der Waals surface area contributed by atoms with Crippen molar-refractivity contribution in [1.29, 1.82) is 0 Å². The van der Waals surface area contributed by atoms with Gasteiger partial charge in [0, 0.05) is 0 Å². The minimum Gasteiger partial charge on any atom is -0.506 e. The average molecular weight is 257 g/mol. The van der Waals surface area contributed by atoms with Crippen LogP contribution in [0.5, 0.6) is 5.75 Å². The monoisotopic (exact) mass is 255 g/mol. The number of phenols is 1. The quantitative estimate of drug-likeness (QED) is 0.798. The van der Waals surface area contributed by atoms with Crippen molar-refractivity contribution >= 4 is 40.9 Å². The molecule has 1 rings (SSSR count). The summed E-state index contributed by atoms with van der Waals surface area (Å²) in [5.74, 6) is -0.0559. The molecule has 0 aliphatic heterocycles. The molecule has 0 radical (unpaired) electrons. The first-order valence-corrected chi connectivity index (χ1v) is 4.21. The molecular formula is C8H8Cl3NO2. The van der Waals surface area contributed by atoms with Crippen LogP contribution >= 0.6 is 35.6 Å². The van der Waals surface area contributed by atoms with Crippen LogP contribution in [0.1, 0.15) is 11.6 Å². The Bertz CT molecular complexity index is 343. The lowest BCUT2D eigenvalue weighted by Crippen LogP contribution is -2.16. The van der Waals surface area contributed by atoms with Crippen LogP contribution < -0.4 is 5.73 Å². The number of carbonyl (C=O) groups excluding carboxylic acids is 1. The summed E-state index contributed by atoms with van der Waals surface area (Å²) in [5.41, 5.74) is 5.91. The number of rotatable bonds is 2. The molecule has 0 unspecified atom stereocenters. The Balaban J connectivity index is 0.00000169. The molecule has 0 amide bonds. The highest BCUT2D eigenvalue weighted by atomic mass is 35.5. The lowest BCUT2D eigenvalue weighted by atomic mass is 10.1. The van der Waals surface area contributed by atoms with Gasteiger partial charge in [-0.25, -0.2) is 0 Å². The second kappa shape index (κ2) is 5.41. The van der Waals surface area contributed by atoms with Crippen LogP contribution in [0.4, 0.5) is 0 Å². The van der Waals surface area contributed by atoms with E-state index in [1.807, 2.05) is 0 Å². The molecule has 0 bridgehead atoms. The molecule has 0 spiro atoms. The van der Waals surface area contributed by atoms with E-state index in [0.29, 0.717) is 5.56 Å². The summed E-state index contributed by atoms with van der Waals surface area (Å²) in [6.45, 7) is 0. The van der Waals surface area contributed by atoms with Gasteiger partial charge in [0.05, 0.1) is 5.02 Å². The Morgan fingerprint density at radius 1 is 1.50 bits per heavy atom. The third kappa shape index (κ3) is 3.03. The van der Waals surface area contributed by atoms with Gasteiger partial charge in [0.1, 0.15) is 11.8 Å². The number of nitrogens with two attached hydrogens (primary N) is 1. The lowest BCUT2D eigenvalue weighted by molar-refractivity contribution is -0.112. The highest BCUT2D eigenvalue weighted by Crippen LogP contribution is 2.26. The number of benzene rings is 1.